The number of aryl methyl sites for hydroxylation is 1. The summed E-state index contributed by atoms with van der Waals surface area (Å²) in [7, 11) is 0. The molecule has 2 aliphatic rings. The molecule has 2 aromatic heterocycles. The van der Waals surface area contributed by atoms with Gasteiger partial charge in [0.05, 0.1) is 35.6 Å². The second-order valence-electron chi connectivity index (χ2n) is 8.34. The molecule has 1 aromatic carbocycles. The van der Waals surface area contributed by atoms with Gasteiger partial charge in [-0.15, -0.1) is 0 Å². The summed E-state index contributed by atoms with van der Waals surface area (Å²) in [6.07, 6.45) is 0.756. The number of carbonyl (C=O) groups is 2. The number of cyclic esters (lactones) is 1. The maximum absolute atomic E-state index is 13.4. The molecule has 2 aliphatic heterocycles. The van der Waals surface area contributed by atoms with Crippen LogP contribution in [0.5, 0.6) is 0 Å². The highest BCUT2D eigenvalue weighted by Crippen LogP contribution is 2.40. The van der Waals surface area contributed by atoms with Gasteiger partial charge in [0.2, 0.25) is 0 Å². The minimum atomic E-state index is -1.87. The van der Waals surface area contributed by atoms with E-state index in [1.165, 1.54) is 0 Å². The van der Waals surface area contributed by atoms with Crippen molar-refractivity contribution in [1.29, 1.82) is 0 Å². The number of nitrogens with zero attached hydrogens (tertiary/aromatic N) is 2. The number of fused-ring (bicyclic) bond motifs is 5. The summed E-state index contributed by atoms with van der Waals surface area (Å²) in [5.41, 5.74) is 2.14. The average molecular weight is 448 g/mol. The molecule has 0 saturated carbocycles. The highest BCUT2D eigenvalue weighted by molar-refractivity contribution is 5.89. The first-order valence-electron chi connectivity index (χ1n) is 11.1. The van der Waals surface area contributed by atoms with Gasteiger partial charge in [-0.2, -0.15) is 0 Å². The molecular formula is C25H24N2O6. The zero-order valence-electron chi connectivity index (χ0n) is 18.5. The maximum Gasteiger partial charge on any atom is 0.343 e. The number of hydrogen-bond acceptors (Lipinski definition) is 7. The number of benzene rings is 1. The van der Waals surface area contributed by atoms with E-state index < -0.39 is 11.6 Å². The predicted octanol–water partition coefficient (Wildman–Crippen LogP) is 2.58. The number of carbonyl (C=O) groups excluding carboxylic acids is 2. The molecule has 170 valence electrons. The van der Waals surface area contributed by atoms with E-state index in [-0.39, 0.29) is 42.1 Å². The summed E-state index contributed by atoms with van der Waals surface area (Å²) >= 11 is 0. The van der Waals surface area contributed by atoms with Crippen molar-refractivity contribution in [3.63, 3.8) is 0 Å². The molecular weight excluding hydrogens is 424 g/mol. The van der Waals surface area contributed by atoms with E-state index in [1.54, 1.807) is 24.5 Å². The molecule has 0 fully saturated rings. The quantitative estimate of drug-likeness (QED) is 0.468. The van der Waals surface area contributed by atoms with Gasteiger partial charge in [0.1, 0.15) is 6.61 Å². The molecule has 4 heterocycles. The Morgan fingerprint density at radius 2 is 2.03 bits per heavy atom. The molecule has 0 spiro atoms. The molecule has 1 atom stereocenters. The van der Waals surface area contributed by atoms with E-state index >= 15 is 0 Å². The Labute approximate surface area is 189 Å². The van der Waals surface area contributed by atoms with Crippen molar-refractivity contribution in [1.82, 2.24) is 9.55 Å². The summed E-state index contributed by atoms with van der Waals surface area (Å²) in [5, 5.41) is 12.0. The van der Waals surface area contributed by atoms with Crippen molar-refractivity contribution in [3.8, 4) is 11.4 Å². The predicted molar refractivity (Wildman–Crippen MR) is 119 cm³/mol. The van der Waals surface area contributed by atoms with Gasteiger partial charge in [-0.05, 0) is 37.5 Å². The van der Waals surface area contributed by atoms with E-state index in [4.69, 9.17) is 14.5 Å². The normalized spacial score (nSPS) is 18.5. The minimum absolute atomic E-state index is 0.0878. The molecule has 3 aromatic rings. The SMILES string of the molecule is CCOC(=O)CCc1c2c(nc3ccccc13)-c1cc3c(c(=O)n1C2)COC(=O)[C@]3(O)CC. The second-order valence-corrected chi connectivity index (χ2v) is 8.34. The molecule has 5 rings (SSSR count). The molecule has 0 bridgehead atoms. The van der Waals surface area contributed by atoms with Crippen LogP contribution in [0.2, 0.25) is 0 Å². The van der Waals surface area contributed by atoms with Gasteiger partial charge in [0, 0.05) is 22.9 Å². The van der Waals surface area contributed by atoms with Crippen LogP contribution >= 0.6 is 0 Å². The average Bonchev–Trinajstić information content (AvgIpc) is 3.18. The third-order valence-electron chi connectivity index (χ3n) is 6.60. The van der Waals surface area contributed by atoms with Crippen molar-refractivity contribution in [2.75, 3.05) is 6.61 Å². The third kappa shape index (κ3) is 3.16. The maximum atomic E-state index is 13.4. The van der Waals surface area contributed by atoms with Gasteiger partial charge in [0.25, 0.3) is 5.56 Å². The zero-order chi connectivity index (χ0) is 23.3. The highest BCUT2D eigenvalue weighted by atomic mass is 16.6. The van der Waals surface area contributed by atoms with Crippen LogP contribution in [0.1, 0.15) is 48.9 Å². The van der Waals surface area contributed by atoms with Crippen LogP contribution in [0.25, 0.3) is 22.3 Å². The van der Waals surface area contributed by atoms with Gasteiger partial charge in [-0.3, -0.25) is 9.59 Å². The lowest BCUT2D eigenvalue weighted by atomic mass is 9.86. The first kappa shape index (κ1) is 21.3. The zero-order valence-corrected chi connectivity index (χ0v) is 18.5. The Bertz CT molecular complexity index is 1380. The third-order valence-corrected chi connectivity index (χ3v) is 6.60. The number of rotatable bonds is 5. The van der Waals surface area contributed by atoms with Crippen LogP contribution in [0.4, 0.5) is 0 Å². The number of para-hydroxylation sites is 1. The lowest BCUT2D eigenvalue weighted by Gasteiger charge is -2.31. The van der Waals surface area contributed by atoms with Crippen molar-refractivity contribution >= 4 is 22.8 Å². The fourth-order valence-corrected chi connectivity index (χ4v) is 4.86. The Morgan fingerprint density at radius 3 is 2.79 bits per heavy atom. The van der Waals surface area contributed by atoms with Crippen LogP contribution in [0.15, 0.2) is 35.1 Å². The second kappa shape index (κ2) is 7.81. The van der Waals surface area contributed by atoms with Crippen molar-refractivity contribution in [3.05, 3.63) is 62.9 Å². The van der Waals surface area contributed by atoms with Gasteiger partial charge < -0.3 is 19.1 Å². The van der Waals surface area contributed by atoms with E-state index in [2.05, 4.69) is 0 Å². The molecule has 33 heavy (non-hydrogen) atoms. The molecule has 0 aliphatic carbocycles. The minimum Gasteiger partial charge on any atom is -0.466 e. The molecule has 0 amide bonds. The number of aliphatic hydroxyl groups is 1. The standard InChI is InChI=1S/C25H24N2O6/c1-3-25(31)18-11-20-22-16(12-27(20)23(29)17(18)13-33-24(25)30)14(9-10-21(28)32-4-2)15-7-5-6-8-19(15)26-22/h5-8,11,31H,3-4,9-10,12-13H2,1-2H3/t25-/m0/s1. The molecule has 8 nitrogen and oxygen atoms in total. The fraction of sp³-hybridized carbons (Fsp3) is 0.360. The smallest absolute Gasteiger partial charge is 0.343 e. The summed E-state index contributed by atoms with van der Waals surface area (Å²) in [6, 6.07) is 9.35. The monoisotopic (exact) mass is 448 g/mol. The van der Waals surface area contributed by atoms with Gasteiger partial charge in [-0.1, -0.05) is 25.1 Å². The fourth-order valence-electron chi connectivity index (χ4n) is 4.86. The number of hydrogen-bond donors (Lipinski definition) is 1. The molecule has 1 N–H and O–H groups in total. The number of esters is 2. The van der Waals surface area contributed by atoms with Crippen molar-refractivity contribution in [2.45, 2.75) is 51.9 Å². The topological polar surface area (TPSA) is 108 Å². The van der Waals surface area contributed by atoms with Crippen LogP contribution in [-0.2, 0) is 44.2 Å². The lowest BCUT2D eigenvalue weighted by Crippen LogP contribution is -2.44. The Kier molecular flexibility index (Phi) is 5.05. The van der Waals surface area contributed by atoms with E-state index in [1.807, 2.05) is 24.3 Å². The van der Waals surface area contributed by atoms with Crippen molar-refractivity contribution < 1.29 is 24.2 Å². The number of pyridine rings is 2. The van der Waals surface area contributed by atoms with Crippen LogP contribution in [0, 0.1) is 0 Å². The first-order chi connectivity index (χ1) is 15.9. The Balaban J connectivity index is 1.71. The largest absolute Gasteiger partial charge is 0.466 e. The number of ether oxygens (including phenoxy) is 2. The molecule has 8 heteroatoms. The van der Waals surface area contributed by atoms with Crippen LogP contribution in [0.3, 0.4) is 0 Å². The summed E-state index contributed by atoms with van der Waals surface area (Å²) in [4.78, 5) is 42.7. The number of aromatic nitrogens is 2. The van der Waals surface area contributed by atoms with E-state index in [0.29, 0.717) is 31.0 Å². The highest BCUT2D eigenvalue weighted by Gasteiger charge is 2.45. The first-order valence-corrected chi connectivity index (χ1v) is 11.1. The van der Waals surface area contributed by atoms with Gasteiger partial charge in [0.15, 0.2) is 5.60 Å². The molecule has 0 radical (unpaired) electrons. The summed E-state index contributed by atoms with van der Waals surface area (Å²) in [5.74, 6) is -1.03. The van der Waals surface area contributed by atoms with Crippen LogP contribution in [-0.4, -0.2) is 33.2 Å². The lowest BCUT2D eigenvalue weighted by molar-refractivity contribution is -0.172. The van der Waals surface area contributed by atoms with Gasteiger partial charge in [-0.25, -0.2) is 9.78 Å². The van der Waals surface area contributed by atoms with Crippen molar-refractivity contribution in [2.24, 2.45) is 0 Å². The molecule has 0 unspecified atom stereocenters. The van der Waals surface area contributed by atoms with Crippen LogP contribution < -0.4 is 5.56 Å². The summed E-state index contributed by atoms with van der Waals surface area (Å²) in [6.45, 7) is 3.90. The van der Waals surface area contributed by atoms with E-state index in [9.17, 15) is 19.5 Å². The van der Waals surface area contributed by atoms with E-state index in [0.717, 1.165) is 22.0 Å². The summed E-state index contributed by atoms with van der Waals surface area (Å²) < 4.78 is 11.8. The Morgan fingerprint density at radius 1 is 1.24 bits per heavy atom. The molecule has 0 saturated heterocycles. The van der Waals surface area contributed by atoms with Gasteiger partial charge >= 0.3 is 11.9 Å². The Hall–Kier alpha value is -3.52.